The van der Waals surface area contributed by atoms with Crippen LogP contribution in [0.1, 0.15) is 63.4 Å². The number of hydrogen-bond acceptors (Lipinski definition) is 6. The Labute approximate surface area is 154 Å². The van der Waals surface area contributed by atoms with Gasteiger partial charge in [0.2, 0.25) is 5.95 Å². The predicted molar refractivity (Wildman–Crippen MR) is 99.2 cm³/mol. The summed E-state index contributed by atoms with van der Waals surface area (Å²) in [6, 6.07) is 0.457. The molecule has 0 spiro atoms. The number of nitrogens with zero attached hydrogens (tertiary/aromatic N) is 2. The predicted octanol–water partition coefficient (Wildman–Crippen LogP) is 2.56. The van der Waals surface area contributed by atoms with Gasteiger partial charge in [-0.2, -0.15) is 0 Å². The van der Waals surface area contributed by atoms with Crippen molar-refractivity contribution in [1.29, 1.82) is 0 Å². The van der Waals surface area contributed by atoms with Gasteiger partial charge in [-0.05, 0) is 76.4 Å². The Balaban J connectivity index is 1.26. The Morgan fingerprint density at radius 3 is 2.62 bits per heavy atom. The van der Waals surface area contributed by atoms with Crippen LogP contribution < -0.4 is 16.0 Å². The number of ether oxygens (including phenoxy) is 1. The second kappa shape index (κ2) is 7.39. The molecule has 1 amide bonds. The molecule has 7 nitrogen and oxygen atoms in total. The molecular formula is C19H29N5O2. The Bertz CT molecular complexity index is 625. The van der Waals surface area contributed by atoms with E-state index in [1.165, 1.54) is 0 Å². The minimum Gasteiger partial charge on any atom is -0.446 e. The molecule has 3 aliphatic rings. The largest absolute Gasteiger partial charge is 0.446 e. The van der Waals surface area contributed by atoms with Crippen molar-refractivity contribution < 1.29 is 9.53 Å². The van der Waals surface area contributed by atoms with Crippen LogP contribution in [0.15, 0.2) is 12.4 Å². The fourth-order valence-electron chi connectivity index (χ4n) is 3.86. The maximum absolute atomic E-state index is 12.0. The molecule has 3 N–H and O–H groups in total. The Hall–Kier alpha value is -1.89. The fraction of sp³-hybridized carbons (Fsp3) is 0.737. The van der Waals surface area contributed by atoms with Crippen molar-refractivity contribution in [2.75, 3.05) is 18.4 Å². The standard InChI is InChI=1S/C19H29N5O2/c1-19(6-7-19)24-18(25)26-16-3-2-13(10-16)14-11-21-17(22-12-14)23-15-4-8-20-9-5-15/h11-13,15-16,20H,2-10H2,1H3,(H,24,25)(H,21,22,23). The summed E-state index contributed by atoms with van der Waals surface area (Å²) in [7, 11) is 0. The van der Waals surface area contributed by atoms with Crippen molar-refractivity contribution >= 4 is 12.0 Å². The van der Waals surface area contributed by atoms with Crippen molar-refractivity contribution in [2.45, 2.75) is 75.5 Å². The van der Waals surface area contributed by atoms with E-state index in [2.05, 4.69) is 32.8 Å². The highest BCUT2D eigenvalue weighted by molar-refractivity contribution is 5.69. The van der Waals surface area contributed by atoms with Crippen LogP contribution in [0.5, 0.6) is 0 Å². The third kappa shape index (κ3) is 4.44. The Kier molecular flexibility index (Phi) is 4.98. The lowest BCUT2D eigenvalue weighted by Gasteiger charge is -2.23. The first kappa shape index (κ1) is 17.5. The first-order valence-corrected chi connectivity index (χ1v) is 9.88. The van der Waals surface area contributed by atoms with Gasteiger partial charge in [-0.3, -0.25) is 0 Å². The molecule has 1 aromatic heterocycles. The van der Waals surface area contributed by atoms with Gasteiger partial charge in [0, 0.05) is 24.0 Å². The highest BCUT2D eigenvalue weighted by atomic mass is 16.6. The molecule has 0 aromatic carbocycles. The van der Waals surface area contributed by atoms with Crippen LogP contribution in [0.2, 0.25) is 0 Å². The third-order valence-electron chi connectivity index (χ3n) is 5.88. The van der Waals surface area contributed by atoms with Crippen LogP contribution in [0.25, 0.3) is 0 Å². The van der Waals surface area contributed by atoms with E-state index in [1.807, 2.05) is 12.4 Å². The van der Waals surface area contributed by atoms with Crippen LogP contribution >= 0.6 is 0 Å². The zero-order valence-corrected chi connectivity index (χ0v) is 15.5. The van der Waals surface area contributed by atoms with Gasteiger partial charge >= 0.3 is 6.09 Å². The lowest BCUT2D eigenvalue weighted by Crippen LogP contribution is -2.36. The van der Waals surface area contributed by atoms with Gasteiger partial charge in [0.1, 0.15) is 6.10 Å². The average molecular weight is 359 g/mol. The summed E-state index contributed by atoms with van der Waals surface area (Å²) >= 11 is 0. The number of piperidine rings is 1. The van der Waals surface area contributed by atoms with Crippen molar-refractivity contribution in [3.05, 3.63) is 18.0 Å². The summed E-state index contributed by atoms with van der Waals surface area (Å²) < 4.78 is 5.59. The van der Waals surface area contributed by atoms with E-state index < -0.39 is 0 Å². The van der Waals surface area contributed by atoms with Crippen LogP contribution in [0.4, 0.5) is 10.7 Å². The number of carbonyl (C=O) groups is 1. The number of rotatable bonds is 5. The zero-order valence-electron chi connectivity index (χ0n) is 15.5. The smallest absolute Gasteiger partial charge is 0.407 e. The number of carbonyl (C=O) groups excluding carboxylic acids is 1. The van der Waals surface area contributed by atoms with Gasteiger partial charge in [0.15, 0.2) is 0 Å². The van der Waals surface area contributed by atoms with E-state index in [4.69, 9.17) is 4.74 Å². The molecule has 1 aliphatic heterocycles. The van der Waals surface area contributed by atoms with E-state index in [1.54, 1.807) is 0 Å². The van der Waals surface area contributed by atoms with E-state index >= 15 is 0 Å². The summed E-state index contributed by atoms with van der Waals surface area (Å²) in [5.74, 6) is 1.08. The van der Waals surface area contributed by atoms with Crippen LogP contribution in [-0.2, 0) is 4.74 Å². The molecule has 4 rings (SSSR count). The number of aromatic nitrogens is 2. The van der Waals surface area contributed by atoms with Gasteiger partial charge in [-0.1, -0.05) is 0 Å². The summed E-state index contributed by atoms with van der Waals surface area (Å²) in [6.45, 7) is 4.15. The quantitative estimate of drug-likeness (QED) is 0.749. The average Bonchev–Trinajstić information content (AvgIpc) is 3.17. The number of nitrogens with one attached hydrogen (secondary N) is 3. The third-order valence-corrected chi connectivity index (χ3v) is 5.88. The highest BCUT2D eigenvalue weighted by Crippen LogP contribution is 2.37. The monoisotopic (exact) mass is 359 g/mol. The molecule has 26 heavy (non-hydrogen) atoms. The van der Waals surface area contributed by atoms with E-state index in [9.17, 15) is 4.79 Å². The van der Waals surface area contributed by atoms with Gasteiger partial charge in [-0.25, -0.2) is 14.8 Å². The molecule has 0 radical (unpaired) electrons. The lowest BCUT2D eigenvalue weighted by molar-refractivity contribution is 0.0967. The number of anilines is 1. The first-order valence-electron chi connectivity index (χ1n) is 9.88. The van der Waals surface area contributed by atoms with E-state index in [-0.39, 0.29) is 17.7 Å². The number of alkyl carbamates (subject to hydrolysis) is 1. The maximum Gasteiger partial charge on any atom is 0.407 e. The molecule has 142 valence electrons. The molecule has 1 aromatic rings. The van der Waals surface area contributed by atoms with Gasteiger partial charge in [-0.15, -0.1) is 0 Å². The minimum absolute atomic E-state index is 0.00473. The fourth-order valence-corrected chi connectivity index (χ4v) is 3.86. The Morgan fingerprint density at radius 1 is 1.19 bits per heavy atom. The van der Waals surface area contributed by atoms with Crippen molar-refractivity contribution in [2.24, 2.45) is 0 Å². The van der Waals surface area contributed by atoms with E-state index in [0.29, 0.717) is 17.9 Å². The summed E-state index contributed by atoms with van der Waals surface area (Å²) in [6.07, 6.45) is 10.7. The summed E-state index contributed by atoms with van der Waals surface area (Å²) in [5.41, 5.74) is 1.11. The van der Waals surface area contributed by atoms with Crippen LogP contribution in [0, 0.1) is 0 Å². The Morgan fingerprint density at radius 2 is 1.92 bits per heavy atom. The molecular weight excluding hydrogens is 330 g/mol. The first-order chi connectivity index (χ1) is 12.6. The molecule has 2 heterocycles. The molecule has 7 heteroatoms. The molecule has 0 bridgehead atoms. The van der Waals surface area contributed by atoms with Gasteiger partial charge in [0.05, 0.1) is 0 Å². The molecule has 2 atom stereocenters. The zero-order chi connectivity index (χ0) is 18.0. The number of amides is 1. The van der Waals surface area contributed by atoms with E-state index in [0.717, 1.165) is 63.6 Å². The summed E-state index contributed by atoms with van der Waals surface area (Å²) in [4.78, 5) is 21.0. The van der Waals surface area contributed by atoms with Crippen molar-refractivity contribution in [1.82, 2.24) is 20.6 Å². The number of hydrogen-bond donors (Lipinski definition) is 3. The normalized spacial score (nSPS) is 27.7. The second-order valence-electron chi connectivity index (χ2n) is 8.23. The molecule has 2 aliphatic carbocycles. The molecule has 2 unspecified atom stereocenters. The SMILES string of the molecule is CC1(NC(=O)OC2CCC(c3cnc(NC4CCNCC4)nc3)C2)CC1. The second-order valence-corrected chi connectivity index (χ2v) is 8.23. The lowest BCUT2D eigenvalue weighted by atomic mass is 10.0. The van der Waals surface area contributed by atoms with Gasteiger partial charge in [0.25, 0.3) is 0 Å². The van der Waals surface area contributed by atoms with Crippen molar-refractivity contribution in [3.63, 3.8) is 0 Å². The summed E-state index contributed by atoms with van der Waals surface area (Å²) in [5, 5.41) is 9.74. The highest BCUT2D eigenvalue weighted by Gasteiger charge is 2.40. The molecule has 2 saturated carbocycles. The van der Waals surface area contributed by atoms with Crippen LogP contribution in [0.3, 0.4) is 0 Å². The molecule has 1 saturated heterocycles. The topological polar surface area (TPSA) is 88.2 Å². The van der Waals surface area contributed by atoms with Crippen molar-refractivity contribution in [3.8, 4) is 0 Å². The van der Waals surface area contributed by atoms with Gasteiger partial charge < -0.3 is 20.7 Å². The maximum atomic E-state index is 12.0. The van der Waals surface area contributed by atoms with Crippen LogP contribution in [-0.4, -0.2) is 46.8 Å². The molecule has 3 fully saturated rings. The minimum atomic E-state index is -0.270.